The molecule has 0 saturated carbocycles. The van der Waals surface area contributed by atoms with Crippen LogP contribution in [0.15, 0.2) is 77.2 Å². The Balaban J connectivity index is 1.40. The summed E-state index contributed by atoms with van der Waals surface area (Å²) in [5.41, 5.74) is 3.08. The number of aryl methyl sites for hydroxylation is 1. The van der Waals surface area contributed by atoms with Gasteiger partial charge in [-0.1, -0.05) is 41.9 Å². The van der Waals surface area contributed by atoms with Crippen LogP contribution < -0.4 is 16.0 Å². The quantitative estimate of drug-likeness (QED) is 0.334. The van der Waals surface area contributed by atoms with Gasteiger partial charge in [0.15, 0.2) is 10.9 Å². The maximum atomic E-state index is 12.6. The third-order valence-corrected chi connectivity index (χ3v) is 5.26. The van der Waals surface area contributed by atoms with Crippen molar-refractivity contribution in [1.29, 1.82) is 0 Å². The van der Waals surface area contributed by atoms with Crippen LogP contribution in [-0.2, 0) is 0 Å². The van der Waals surface area contributed by atoms with Crippen LogP contribution in [0.4, 0.5) is 11.4 Å². The molecule has 1 aromatic heterocycles. The van der Waals surface area contributed by atoms with Gasteiger partial charge in [0.05, 0.1) is 10.6 Å². The number of carbonyl (C=O) groups is 2. The molecule has 0 unspecified atom stereocenters. The van der Waals surface area contributed by atoms with Crippen LogP contribution in [0.3, 0.4) is 0 Å². The molecule has 32 heavy (non-hydrogen) atoms. The third kappa shape index (κ3) is 4.80. The Hall–Kier alpha value is -3.68. The summed E-state index contributed by atoms with van der Waals surface area (Å²) in [5.74, 6) is -0.511. The number of carbonyl (C=O) groups excluding carboxylic acids is 2. The molecule has 2 amide bonds. The zero-order valence-electron chi connectivity index (χ0n) is 16.9. The molecule has 0 fully saturated rings. The molecule has 3 aromatic carbocycles. The topological polar surface area (TPSA) is 83.4 Å². The van der Waals surface area contributed by atoms with Crippen LogP contribution in [0.2, 0.25) is 5.02 Å². The van der Waals surface area contributed by atoms with Crippen LogP contribution >= 0.6 is 23.8 Å². The number of halogens is 1. The van der Waals surface area contributed by atoms with Gasteiger partial charge in [-0.15, -0.1) is 0 Å². The molecule has 0 aliphatic rings. The average molecular weight is 464 g/mol. The molecule has 6 nitrogen and oxygen atoms in total. The smallest absolute Gasteiger partial charge is 0.291 e. The van der Waals surface area contributed by atoms with Crippen molar-refractivity contribution >= 4 is 63.1 Å². The van der Waals surface area contributed by atoms with Gasteiger partial charge >= 0.3 is 0 Å². The molecule has 3 N–H and O–H groups in total. The molecule has 4 aromatic rings. The zero-order valence-corrected chi connectivity index (χ0v) is 18.5. The van der Waals surface area contributed by atoms with Crippen molar-refractivity contribution in [2.75, 3.05) is 10.6 Å². The Labute approximate surface area is 194 Å². The lowest BCUT2D eigenvalue weighted by molar-refractivity contribution is 0.0975. The molecule has 1 heterocycles. The first kappa shape index (κ1) is 21.5. The van der Waals surface area contributed by atoms with Gasteiger partial charge in [-0.25, -0.2) is 0 Å². The van der Waals surface area contributed by atoms with Crippen LogP contribution in [-0.4, -0.2) is 16.9 Å². The van der Waals surface area contributed by atoms with Crippen molar-refractivity contribution in [2.24, 2.45) is 0 Å². The van der Waals surface area contributed by atoms with Gasteiger partial charge in [-0.05, 0) is 67.2 Å². The van der Waals surface area contributed by atoms with E-state index in [1.54, 1.807) is 42.5 Å². The van der Waals surface area contributed by atoms with Gasteiger partial charge in [0, 0.05) is 16.8 Å². The molecular formula is C24H18ClN3O3S. The minimum Gasteiger partial charge on any atom is -0.451 e. The Morgan fingerprint density at radius 3 is 2.41 bits per heavy atom. The van der Waals surface area contributed by atoms with Gasteiger partial charge in [-0.3, -0.25) is 14.9 Å². The van der Waals surface area contributed by atoms with Crippen molar-refractivity contribution < 1.29 is 14.0 Å². The maximum Gasteiger partial charge on any atom is 0.291 e. The largest absolute Gasteiger partial charge is 0.451 e. The summed E-state index contributed by atoms with van der Waals surface area (Å²) in [6, 6.07) is 21.1. The fourth-order valence-electron chi connectivity index (χ4n) is 3.14. The number of para-hydroxylation sites is 1. The van der Waals surface area contributed by atoms with Gasteiger partial charge in [0.2, 0.25) is 0 Å². The predicted molar refractivity (Wildman–Crippen MR) is 130 cm³/mol. The molecule has 8 heteroatoms. The van der Waals surface area contributed by atoms with Crippen LogP contribution in [0.25, 0.3) is 11.0 Å². The van der Waals surface area contributed by atoms with Crippen molar-refractivity contribution in [3.8, 4) is 0 Å². The Bertz CT molecular complexity index is 1320. The maximum absolute atomic E-state index is 12.6. The summed E-state index contributed by atoms with van der Waals surface area (Å²) in [6.07, 6.45) is 0. The van der Waals surface area contributed by atoms with E-state index in [0.717, 1.165) is 10.9 Å². The summed E-state index contributed by atoms with van der Waals surface area (Å²) >= 11 is 11.3. The number of hydrogen-bond donors (Lipinski definition) is 3. The highest BCUT2D eigenvalue weighted by atomic mass is 35.5. The van der Waals surface area contributed by atoms with Crippen molar-refractivity contribution in [3.05, 3.63) is 94.7 Å². The Kier molecular flexibility index (Phi) is 6.20. The number of nitrogens with one attached hydrogen (secondary N) is 3. The number of thiocarbonyl (C=S) groups is 1. The van der Waals surface area contributed by atoms with E-state index in [2.05, 4.69) is 16.0 Å². The van der Waals surface area contributed by atoms with Crippen molar-refractivity contribution in [3.63, 3.8) is 0 Å². The second kappa shape index (κ2) is 9.21. The number of amides is 2. The fraction of sp³-hybridized carbons (Fsp3) is 0.0417. The van der Waals surface area contributed by atoms with E-state index >= 15 is 0 Å². The molecular weight excluding hydrogens is 446 g/mol. The first-order valence-electron chi connectivity index (χ1n) is 9.68. The SMILES string of the molecule is Cc1cc(NC(=S)NC(=O)c2ccccc2Cl)ccc1NC(=O)c1cc2ccccc2o1. The first-order chi connectivity index (χ1) is 15.4. The number of anilines is 2. The molecule has 0 spiro atoms. The summed E-state index contributed by atoms with van der Waals surface area (Å²) in [5, 5.41) is 9.75. The molecule has 0 saturated heterocycles. The lowest BCUT2D eigenvalue weighted by Gasteiger charge is -2.13. The number of benzene rings is 3. The zero-order chi connectivity index (χ0) is 22.7. The third-order valence-electron chi connectivity index (χ3n) is 4.73. The van der Waals surface area contributed by atoms with Gasteiger partial charge in [0.25, 0.3) is 11.8 Å². The number of furan rings is 1. The lowest BCUT2D eigenvalue weighted by atomic mass is 10.1. The average Bonchev–Trinajstić information content (AvgIpc) is 3.20. The molecule has 0 aliphatic carbocycles. The molecule has 4 rings (SSSR count). The second-order valence-corrected chi connectivity index (χ2v) is 7.84. The standard InChI is InChI=1S/C24H18ClN3O3S/c1-14-12-16(26-24(32)28-22(29)17-7-3-4-8-18(17)25)10-11-19(14)27-23(30)21-13-15-6-2-5-9-20(15)31-21/h2-13H,1H3,(H,27,30)(H2,26,28,29,32). The van der Waals surface area contributed by atoms with E-state index in [1.165, 1.54) is 0 Å². The highest BCUT2D eigenvalue weighted by molar-refractivity contribution is 7.80. The second-order valence-electron chi connectivity index (χ2n) is 7.02. The van der Waals surface area contributed by atoms with E-state index in [4.69, 9.17) is 28.2 Å². The minimum absolute atomic E-state index is 0.133. The van der Waals surface area contributed by atoms with Gasteiger partial charge < -0.3 is 15.1 Å². The number of hydrogen-bond acceptors (Lipinski definition) is 4. The van der Waals surface area contributed by atoms with Crippen molar-refractivity contribution in [2.45, 2.75) is 6.92 Å². The van der Waals surface area contributed by atoms with E-state index in [1.807, 2.05) is 37.3 Å². The van der Waals surface area contributed by atoms with E-state index in [-0.39, 0.29) is 16.8 Å². The molecule has 0 atom stereocenters. The van der Waals surface area contributed by atoms with Gasteiger partial charge in [-0.2, -0.15) is 0 Å². The van der Waals surface area contributed by atoms with E-state index in [0.29, 0.717) is 27.5 Å². The Morgan fingerprint density at radius 1 is 0.906 bits per heavy atom. The predicted octanol–water partition coefficient (Wildman–Crippen LogP) is 5.77. The normalized spacial score (nSPS) is 10.6. The summed E-state index contributed by atoms with van der Waals surface area (Å²) in [4.78, 5) is 24.9. The van der Waals surface area contributed by atoms with Crippen molar-refractivity contribution in [1.82, 2.24) is 5.32 Å². The summed E-state index contributed by atoms with van der Waals surface area (Å²) in [6.45, 7) is 1.85. The summed E-state index contributed by atoms with van der Waals surface area (Å²) < 4.78 is 5.61. The summed E-state index contributed by atoms with van der Waals surface area (Å²) in [7, 11) is 0. The minimum atomic E-state index is -0.403. The van der Waals surface area contributed by atoms with E-state index < -0.39 is 5.91 Å². The van der Waals surface area contributed by atoms with Gasteiger partial charge in [0.1, 0.15) is 5.58 Å². The van der Waals surface area contributed by atoms with E-state index in [9.17, 15) is 9.59 Å². The fourth-order valence-corrected chi connectivity index (χ4v) is 3.57. The van der Waals surface area contributed by atoms with Crippen LogP contribution in [0.1, 0.15) is 26.5 Å². The monoisotopic (exact) mass is 463 g/mol. The highest BCUT2D eigenvalue weighted by Crippen LogP contribution is 2.23. The molecule has 0 aliphatic heterocycles. The van der Waals surface area contributed by atoms with Crippen LogP contribution in [0.5, 0.6) is 0 Å². The molecule has 160 valence electrons. The Morgan fingerprint density at radius 2 is 1.66 bits per heavy atom. The molecule has 0 bridgehead atoms. The lowest BCUT2D eigenvalue weighted by Crippen LogP contribution is -2.34. The first-order valence-corrected chi connectivity index (χ1v) is 10.5. The highest BCUT2D eigenvalue weighted by Gasteiger charge is 2.14. The van der Waals surface area contributed by atoms with Crippen LogP contribution in [0, 0.1) is 6.92 Å². The number of rotatable bonds is 4. The number of fused-ring (bicyclic) bond motifs is 1. The molecule has 0 radical (unpaired) electrons.